The number of benzene rings is 3. The first-order valence-electron chi connectivity index (χ1n) is 11.4. The van der Waals surface area contributed by atoms with Crippen molar-refractivity contribution < 1.29 is 14.3 Å². The van der Waals surface area contributed by atoms with Crippen LogP contribution in [-0.4, -0.2) is 25.7 Å². The zero-order valence-electron chi connectivity index (χ0n) is 19.5. The minimum absolute atomic E-state index is 0.286. The molecule has 0 saturated carbocycles. The number of ether oxygens (including phenoxy) is 2. The summed E-state index contributed by atoms with van der Waals surface area (Å²) in [6, 6.07) is 17.6. The lowest BCUT2D eigenvalue weighted by Gasteiger charge is -2.32. The summed E-state index contributed by atoms with van der Waals surface area (Å²) >= 11 is 6.18. The van der Waals surface area contributed by atoms with E-state index >= 15 is 0 Å². The number of hydrogen-bond donors (Lipinski definition) is 0. The maximum atomic E-state index is 13.4. The van der Waals surface area contributed by atoms with Gasteiger partial charge in [0.25, 0.3) is 0 Å². The minimum Gasteiger partial charge on any atom is -0.487 e. The molecule has 1 aliphatic rings. The molecule has 0 aliphatic carbocycles. The Hall–Kier alpha value is -3.50. The van der Waals surface area contributed by atoms with Crippen molar-refractivity contribution >= 4 is 28.9 Å². The summed E-state index contributed by atoms with van der Waals surface area (Å²) in [5, 5.41) is 0.631. The Balaban J connectivity index is 2.10. The van der Waals surface area contributed by atoms with Crippen molar-refractivity contribution in [2.45, 2.75) is 20.3 Å². The largest absolute Gasteiger partial charge is 0.487 e. The van der Waals surface area contributed by atoms with Gasteiger partial charge in [0, 0.05) is 28.4 Å². The van der Waals surface area contributed by atoms with E-state index < -0.39 is 0 Å². The van der Waals surface area contributed by atoms with Gasteiger partial charge in [-0.3, -0.25) is 0 Å². The second kappa shape index (κ2) is 10.6. The molecule has 0 spiro atoms. The van der Waals surface area contributed by atoms with Gasteiger partial charge < -0.3 is 14.4 Å². The topological polar surface area (TPSA) is 38.8 Å². The number of hydrogen-bond acceptors (Lipinski definition) is 4. The van der Waals surface area contributed by atoms with Crippen LogP contribution < -0.4 is 9.64 Å². The van der Waals surface area contributed by atoms with E-state index in [1.165, 1.54) is 0 Å². The molecule has 3 aromatic rings. The van der Waals surface area contributed by atoms with Crippen molar-refractivity contribution in [2.75, 3.05) is 24.7 Å². The minimum atomic E-state index is -0.358. The monoisotopic (exact) mass is 473 g/mol. The number of carbonyl (C=O) groups is 1. The maximum Gasteiger partial charge on any atom is 0.339 e. The molecule has 0 saturated heterocycles. The Morgan fingerprint density at radius 3 is 2.56 bits per heavy atom. The molecule has 0 amide bonds. The third-order valence-electron chi connectivity index (χ3n) is 5.85. The number of nitrogens with zero attached hydrogens (tertiary/aromatic N) is 1. The Morgan fingerprint density at radius 1 is 1.15 bits per heavy atom. The van der Waals surface area contributed by atoms with Crippen LogP contribution in [0.4, 0.5) is 11.4 Å². The van der Waals surface area contributed by atoms with Crippen LogP contribution in [0, 0.1) is 6.92 Å². The number of rotatable bonds is 6. The normalized spacial score (nSPS) is 13.8. The number of anilines is 2. The molecule has 0 radical (unpaired) electrons. The second-order valence-corrected chi connectivity index (χ2v) is 8.42. The summed E-state index contributed by atoms with van der Waals surface area (Å²) in [5.74, 6) is 0.396. The molecule has 4 nitrogen and oxygen atoms in total. The van der Waals surface area contributed by atoms with E-state index in [1.54, 1.807) is 0 Å². The van der Waals surface area contributed by atoms with Crippen molar-refractivity contribution in [3.05, 3.63) is 101 Å². The molecule has 0 aromatic heterocycles. The van der Waals surface area contributed by atoms with Crippen LogP contribution in [0.5, 0.6) is 5.75 Å². The summed E-state index contributed by atoms with van der Waals surface area (Å²) in [7, 11) is 0. The van der Waals surface area contributed by atoms with E-state index in [9.17, 15) is 4.79 Å². The van der Waals surface area contributed by atoms with Crippen molar-refractivity contribution in [3.63, 3.8) is 0 Å². The summed E-state index contributed by atoms with van der Waals surface area (Å²) < 4.78 is 11.9. The lowest BCUT2D eigenvalue weighted by Crippen LogP contribution is -2.24. The van der Waals surface area contributed by atoms with Crippen LogP contribution in [-0.2, 0) is 11.2 Å². The fourth-order valence-electron chi connectivity index (χ4n) is 4.41. The number of esters is 1. The van der Waals surface area contributed by atoms with Crippen molar-refractivity contribution in [1.82, 2.24) is 0 Å². The highest BCUT2D eigenvalue weighted by Crippen LogP contribution is 2.47. The summed E-state index contributed by atoms with van der Waals surface area (Å²) in [6.07, 6.45) is 6.47. The Morgan fingerprint density at radius 2 is 1.88 bits per heavy atom. The molecule has 0 fully saturated rings. The summed E-state index contributed by atoms with van der Waals surface area (Å²) in [4.78, 5) is 15.6. The Bertz CT molecular complexity index is 1220. The van der Waals surface area contributed by atoms with Crippen molar-refractivity contribution in [3.8, 4) is 16.9 Å². The van der Waals surface area contributed by atoms with Crippen LogP contribution >= 0.6 is 11.6 Å². The van der Waals surface area contributed by atoms with E-state index in [0.717, 1.165) is 39.4 Å². The summed E-state index contributed by atoms with van der Waals surface area (Å²) in [6.45, 7) is 9.15. The molecule has 0 bridgehead atoms. The molecule has 1 aliphatic heterocycles. The Labute approximate surface area is 206 Å². The van der Waals surface area contributed by atoms with E-state index in [0.29, 0.717) is 30.2 Å². The maximum absolute atomic E-state index is 13.4. The van der Waals surface area contributed by atoms with Gasteiger partial charge in [-0.1, -0.05) is 54.1 Å². The van der Waals surface area contributed by atoms with E-state index in [1.807, 2.05) is 68.5 Å². The highest BCUT2D eigenvalue weighted by Gasteiger charge is 2.31. The molecule has 3 aromatic carbocycles. The predicted octanol–water partition coefficient (Wildman–Crippen LogP) is 7.31. The number of allylic oxidation sites excluding steroid dienone is 1. The van der Waals surface area contributed by atoms with E-state index in [-0.39, 0.29) is 12.6 Å². The van der Waals surface area contributed by atoms with Gasteiger partial charge in [-0.15, -0.1) is 6.58 Å². The number of carbonyl (C=O) groups excluding carboxylic acids is 1. The second-order valence-electron chi connectivity index (χ2n) is 7.98. The van der Waals surface area contributed by atoms with Gasteiger partial charge in [-0.25, -0.2) is 4.79 Å². The SMILES string of the molecule is C=CCc1c2c(c(C)c(C(=O)OCC)c1-c1ccc(Cl)cc1)N(c1ccccc1)C/C=C\CO2. The van der Waals surface area contributed by atoms with Crippen LogP contribution in [0.3, 0.4) is 0 Å². The Kier molecular flexibility index (Phi) is 7.39. The van der Waals surface area contributed by atoms with Gasteiger partial charge in [0.05, 0.1) is 17.9 Å². The first-order chi connectivity index (χ1) is 16.6. The molecule has 0 N–H and O–H groups in total. The zero-order chi connectivity index (χ0) is 24.1. The predicted molar refractivity (Wildman–Crippen MR) is 140 cm³/mol. The molecule has 174 valence electrons. The zero-order valence-corrected chi connectivity index (χ0v) is 20.3. The van der Waals surface area contributed by atoms with Crippen LogP contribution in [0.15, 0.2) is 79.4 Å². The first-order valence-corrected chi connectivity index (χ1v) is 11.8. The fraction of sp³-hybridized carbons (Fsp3) is 0.207. The van der Waals surface area contributed by atoms with E-state index in [4.69, 9.17) is 21.1 Å². The quantitative estimate of drug-likeness (QED) is 0.278. The fourth-order valence-corrected chi connectivity index (χ4v) is 4.54. The highest BCUT2D eigenvalue weighted by molar-refractivity contribution is 6.30. The lowest BCUT2D eigenvalue weighted by molar-refractivity contribution is 0.0526. The molecular formula is C29H28ClNO3. The van der Waals surface area contributed by atoms with Crippen molar-refractivity contribution in [1.29, 1.82) is 0 Å². The first kappa shape index (κ1) is 23.7. The molecule has 34 heavy (non-hydrogen) atoms. The third-order valence-corrected chi connectivity index (χ3v) is 6.10. The van der Waals surface area contributed by atoms with Gasteiger partial charge in [0.15, 0.2) is 0 Å². The van der Waals surface area contributed by atoms with Gasteiger partial charge in [-0.05, 0) is 61.7 Å². The van der Waals surface area contributed by atoms with Crippen LogP contribution in [0.1, 0.15) is 28.4 Å². The standard InChI is InChI=1S/C29H28ClNO3/c1-4-11-24-26(21-14-16-22(30)17-15-21)25(29(32)33-5-2)20(3)27-28(24)34-19-10-9-18-31(27)23-12-7-6-8-13-23/h4,6-10,12-17H,1,5,11,18-19H2,2-3H3/b10-9-. The van der Waals surface area contributed by atoms with Gasteiger partial charge in [-0.2, -0.15) is 0 Å². The van der Waals surface area contributed by atoms with Gasteiger partial charge in [0.1, 0.15) is 12.4 Å². The molecule has 1 heterocycles. The van der Waals surface area contributed by atoms with Crippen LogP contribution in [0.25, 0.3) is 11.1 Å². The lowest BCUT2D eigenvalue weighted by atomic mass is 9.87. The molecule has 5 heteroatoms. The smallest absolute Gasteiger partial charge is 0.339 e. The summed E-state index contributed by atoms with van der Waals surface area (Å²) in [5.41, 5.74) is 5.80. The average Bonchev–Trinajstić information content (AvgIpc) is 2.82. The average molecular weight is 474 g/mol. The number of para-hydroxylation sites is 1. The molecule has 0 atom stereocenters. The highest BCUT2D eigenvalue weighted by atomic mass is 35.5. The molecular weight excluding hydrogens is 446 g/mol. The third kappa shape index (κ3) is 4.59. The van der Waals surface area contributed by atoms with E-state index in [2.05, 4.69) is 29.7 Å². The number of fused-ring (bicyclic) bond motifs is 1. The molecule has 0 unspecified atom stereocenters. The van der Waals surface area contributed by atoms with Crippen molar-refractivity contribution in [2.24, 2.45) is 0 Å². The van der Waals surface area contributed by atoms with Gasteiger partial charge >= 0.3 is 5.97 Å². The molecule has 4 rings (SSSR count). The van der Waals surface area contributed by atoms with Crippen LogP contribution in [0.2, 0.25) is 5.02 Å². The van der Waals surface area contributed by atoms with Gasteiger partial charge in [0.2, 0.25) is 0 Å². The number of halogens is 1.